The summed E-state index contributed by atoms with van der Waals surface area (Å²) in [6.07, 6.45) is 0.418. The summed E-state index contributed by atoms with van der Waals surface area (Å²) in [6.45, 7) is 0.280. The van der Waals surface area contributed by atoms with Crippen LogP contribution in [0.5, 0.6) is 5.75 Å². The molecule has 7 nitrogen and oxygen atoms in total. The number of carboxylic acid groups (broad SMARTS) is 1. The van der Waals surface area contributed by atoms with Gasteiger partial charge < -0.3 is 20.5 Å². The molecule has 146 valence electrons. The van der Waals surface area contributed by atoms with Crippen molar-refractivity contribution in [3.8, 4) is 5.75 Å². The molecule has 1 aliphatic heterocycles. The Balaban J connectivity index is 1.62. The minimum Gasteiger partial charge on any atom is -0.494 e. The predicted octanol–water partition coefficient (Wildman–Crippen LogP) is 3.13. The number of nitrogens with one attached hydrogen (secondary N) is 2. The fourth-order valence-corrected chi connectivity index (χ4v) is 2.95. The highest BCUT2D eigenvalue weighted by Gasteiger charge is 2.31. The SMILES string of the molecule is O=C(O)CCCOc1ccc(NC(=O)C2CC(=O)Nc3cc(F)ccc32)cc1. The third-order valence-corrected chi connectivity index (χ3v) is 4.30. The zero-order valence-electron chi connectivity index (χ0n) is 14.9. The maximum absolute atomic E-state index is 13.4. The average Bonchev–Trinajstić information content (AvgIpc) is 2.65. The molecule has 0 saturated heterocycles. The molecule has 2 aromatic carbocycles. The van der Waals surface area contributed by atoms with Gasteiger partial charge in [0.15, 0.2) is 0 Å². The zero-order valence-corrected chi connectivity index (χ0v) is 14.9. The second kappa shape index (κ2) is 8.51. The maximum atomic E-state index is 13.4. The van der Waals surface area contributed by atoms with Gasteiger partial charge in [0.05, 0.1) is 12.5 Å². The van der Waals surface area contributed by atoms with Gasteiger partial charge in [-0.3, -0.25) is 14.4 Å². The van der Waals surface area contributed by atoms with Crippen molar-refractivity contribution >= 4 is 29.2 Å². The van der Waals surface area contributed by atoms with Crippen LogP contribution in [0, 0.1) is 5.82 Å². The van der Waals surface area contributed by atoms with Crippen LogP contribution in [-0.2, 0) is 14.4 Å². The summed E-state index contributed by atoms with van der Waals surface area (Å²) in [5.74, 6) is -2.22. The van der Waals surface area contributed by atoms with E-state index in [9.17, 15) is 18.8 Å². The number of carboxylic acids is 1. The first-order chi connectivity index (χ1) is 13.4. The van der Waals surface area contributed by atoms with Crippen molar-refractivity contribution in [2.45, 2.75) is 25.2 Å². The van der Waals surface area contributed by atoms with Gasteiger partial charge in [-0.05, 0) is 48.4 Å². The summed E-state index contributed by atoms with van der Waals surface area (Å²) in [4.78, 5) is 35.0. The summed E-state index contributed by atoms with van der Waals surface area (Å²) in [6, 6.07) is 10.6. The first kappa shape index (κ1) is 19.3. The predicted molar refractivity (Wildman–Crippen MR) is 99.8 cm³/mol. The van der Waals surface area contributed by atoms with Crippen molar-refractivity contribution < 1.29 is 28.6 Å². The summed E-state index contributed by atoms with van der Waals surface area (Å²) in [7, 11) is 0. The molecule has 28 heavy (non-hydrogen) atoms. The average molecular weight is 386 g/mol. The van der Waals surface area contributed by atoms with Crippen LogP contribution in [0.4, 0.5) is 15.8 Å². The molecule has 0 saturated carbocycles. The molecule has 0 aliphatic carbocycles. The van der Waals surface area contributed by atoms with Crippen molar-refractivity contribution in [2.24, 2.45) is 0 Å². The van der Waals surface area contributed by atoms with E-state index in [-0.39, 0.29) is 31.3 Å². The van der Waals surface area contributed by atoms with E-state index in [1.165, 1.54) is 18.2 Å². The lowest BCUT2D eigenvalue weighted by Gasteiger charge is -2.25. The third-order valence-electron chi connectivity index (χ3n) is 4.30. The van der Waals surface area contributed by atoms with Crippen LogP contribution in [0.3, 0.4) is 0 Å². The smallest absolute Gasteiger partial charge is 0.303 e. The molecule has 0 spiro atoms. The number of hydrogen-bond donors (Lipinski definition) is 3. The molecule has 3 N–H and O–H groups in total. The maximum Gasteiger partial charge on any atom is 0.303 e. The Hall–Kier alpha value is -3.42. The number of aliphatic carboxylic acids is 1. The van der Waals surface area contributed by atoms with Crippen molar-refractivity contribution in [3.05, 3.63) is 53.8 Å². The van der Waals surface area contributed by atoms with Crippen LogP contribution in [0.1, 0.15) is 30.7 Å². The van der Waals surface area contributed by atoms with E-state index in [1.54, 1.807) is 24.3 Å². The second-order valence-electron chi connectivity index (χ2n) is 6.40. The van der Waals surface area contributed by atoms with Crippen LogP contribution in [0.25, 0.3) is 0 Å². The summed E-state index contributed by atoms with van der Waals surface area (Å²) < 4.78 is 18.8. The summed E-state index contributed by atoms with van der Waals surface area (Å²) in [5.41, 5.74) is 1.40. The molecular formula is C20H19FN2O5. The highest BCUT2D eigenvalue weighted by atomic mass is 19.1. The zero-order chi connectivity index (χ0) is 20.1. The standard InChI is InChI=1S/C20H19FN2O5/c21-12-3-8-15-16(11-18(24)23-17(15)10-12)20(27)22-13-4-6-14(7-5-13)28-9-1-2-19(25)26/h3-8,10,16H,1-2,9,11H2,(H,22,27)(H,23,24)(H,25,26). The lowest BCUT2D eigenvalue weighted by molar-refractivity contribution is -0.137. The molecule has 1 heterocycles. The molecule has 0 bridgehead atoms. The first-order valence-electron chi connectivity index (χ1n) is 8.77. The number of anilines is 2. The molecule has 0 radical (unpaired) electrons. The number of halogens is 1. The summed E-state index contributed by atoms with van der Waals surface area (Å²) in [5, 5.41) is 13.9. The van der Waals surface area contributed by atoms with Gasteiger partial charge in [-0.15, -0.1) is 0 Å². The van der Waals surface area contributed by atoms with E-state index in [0.717, 1.165) is 0 Å². The van der Waals surface area contributed by atoms with Crippen molar-refractivity contribution in [3.63, 3.8) is 0 Å². The van der Waals surface area contributed by atoms with Gasteiger partial charge in [0.1, 0.15) is 11.6 Å². The Kier molecular flexibility index (Phi) is 5.88. The number of carbonyl (C=O) groups excluding carboxylic acids is 2. The van der Waals surface area contributed by atoms with E-state index < -0.39 is 17.7 Å². The first-order valence-corrected chi connectivity index (χ1v) is 8.77. The van der Waals surface area contributed by atoms with Gasteiger partial charge in [0.25, 0.3) is 0 Å². The van der Waals surface area contributed by atoms with Crippen LogP contribution in [-0.4, -0.2) is 29.5 Å². The lowest BCUT2D eigenvalue weighted by Crippen LogP contribution is -2.30. The number of benzene rings is 2. The molecule has 1 atom stereocenters. The Morgan fingerprint density at radius 3 is 2.68 bits per heavy atom. The molecule has 8 heteroatoms. The lowest BCUT2D eigenvalue weighted by atomic mass is 9.89. The van der Waals surface area contributed by atoms with Crippen molar-refractivity contribution in [1.82, 2.24) is 0 Å². The minimum absolute atomic E-state index is 0.0186. The molecule has 1 unspecified atom stereocenters. The normalized spacial score (nSPS) is 15.3. The summed E-state index contributed by atoms with van der Waals surface area (Å²) >= 11 is 0. The fraction of sp³-hybridized carbons (Fsp3) is 0.250. The third kappa shape index (κ3) is 4.85. The van der Waals surface area contributed by atoms with Gasteiger partial charge >= 0.3 is 5.97 Å². The fourth-order valence-electron chi connectivity index (χ4n) is 2.95. The Labute approximate surface area is 160 Å². The number of amides is 2. The second-order valence-corrected chi connectivity index (χ2v) is 6.40. The number of carbonyl (C=O) groups is 3. The Morgan fingerprint density at radius 1 is 1.21 bits per heavy atom. The Bertz CT molecular complexity index is 898. The molecule has 1 aliphatic rings. The number of rotatable bonds is 7. The topological polar surface area (TPSA) is 105 Å². The number of ether oxygens (including phenoxy) is 1. The monoisotopic (exact) mass is 386 g/mol. The molecule has 0 fully saturated rings. The van der Waals surface area contributed by atoms with Gasteiger partial charge in [-0.2, -0.15) is 0 Å². The van der Waals surface area contributed by atoms with E-state index >= 15 is 0 Å². The van der Waals surface area contributed by atoms with E-state index in [4.69, 9.17) is 9.84 Å². The van der Waals surface area contributed by atoms with E-state index in [2.05, 4.69) is 10.6 Å². The number of hydrogen-bond acceptors (Lipinski definition) is 4. The van der Waals surface area contributed by atoms with Gasteiger partial charge in [0.2, 0.25) is 11.8 Å². The largest absolute Gasteiger partial charge is 0.494 e. The van der Waals surface area contributed by atoms with E-state index in [0.29, 0.717) is 29.1 Å². The number of fused-ring (bicyclic) bond motifs is 1. The molecule has 2 aromatic rings. The van der Waals surface area contributed by atoms with Crippen LogP contribution < -0.4 is 15.4 Å². The van der Waals surface area contributed by atoms with Crippen LogP contribution in [0.2, 0.25) is 0 Å². The van der Waals surface area contributed by atoms with Crippen molar-refractivity contribution in [1.29, 1.82) is 0 Å². The van der Waals surface area contributed by atoms with Crippen LogP contribution in [0.15, 0.2) is 42.5 Å². The molecular weight excluding hydrogens is 367 g/mol. The molecule has 3 rings (SSSR count). The van der Waals surface area contributed by atoms with Gasteiger partial charge in [-0.1, -0.05) is 6.07 Å². The Morgan fingerprint density at radius 2 is 1.96 bits per heavy atom. The highest BCUT2D eigenvalue weighted by molar-refractivity contribution is 6.05. The van der Waals surface area contributed by atoms with Crippen molar-refractivity contribution in [2.75, 3.05) is 17.2 Å². The minimum atomic E-state index is -0.873. The highest BCUT2D eigenvalue weighted by Crippen LogP contribution is 2.33. The van der Waals surface area contributed by atoms with Gasteiger partial charge in [-0.25, -0.2) is 4.39 Å². The van der Waals surface area contributed by atoms with Gasteiger partial charge in [0, 0.05) is 24.2 Å². The van der Waals surface area contributed by atoms with E-state index in [1.807, 2.05) is 0 Å². The van der Waals surface area contributed by atoms with Crippen LogP contribution >= 0.6 is 0 Å². The molecule has 0 aromatic heterocycles. The molecule has 2 amide bonds. The quantitative estimate of drug-likeness (QED) is 0.634.